The van der Waals surface area contributed by atoms with Gasteiger partial charge in [-0.2, -0.15) is 18.3 Å². The van der Waals surface area contributed by atoms with Crippen molar-refractivity contribution in [1.29, 1.82) is 0 Å². The second kappa shape index (κ2) is 9.84. The molecule has 1 aliphatic rings. The number of carbonyl (C=O) groups excluding carboxylic acids is 1. The second-order valence-corrected chi connectivity index (χ2v) is 7.49. The molecule has 0 saturated carbocycles. The van der Waals surface area contributed by atoms with Gasteiger partial charge in [0.2, 0.25) is 11.8 Å². The van der Waals surface area contributed by atoms with E-state index >= 15 is 0 Å². The van der Waals surface area contributed by atoms with Crippen molar-refractivity contribution in [3.8, 4) is 11.6 Å². The Morgan fingerprint density at radius 2 is 1.94 bits per heavy atom. The molecule has 3 aromatic rings. The number of halogens is 3. The first kappa shape index (κ1) is 23.3. The van der Waals surface area contributed by atoms with Crippen LogP contribution in [0.5, 0.6) is 5.88 Å². The van der Waals surface area contributed by atoms with Gasteiger partial charge in [-0.1, -0.05) is 0 Å². The minimum Gasteiger partial charge on any atom is -0.478 e. The van der Waals surface area contributed by atoms with Crippen LogP contribution in [-0.2, 0) is 19.0 Å². The van der Waals surface area contributed by atoms with Crippen LogP contribution in [0.3, 0.4) is 0 Å². The maximum atomic E-state index is 12.3. The van der Waals surface area contributed by atoms with E-state index in [1.165, 1.54) is 37.1 Å². The number of pyridine rings is 1. The Kier molecular flexibility index (Phi) is 7.17. The molecular weight excluding hydrogens is 421 g/mol. The highest BCUT2D eigenvalue weighted by molar-refractivity contribution is 5.93. The van der Waals surface area contributed by atoms with Gasteiger partial charge in [-0.05, 0) is 74.9 Å². The molecule has 0 spiro atoms. The van der Waals surface area contributed by atoms with E-state index in [9.17, 15) is 18.0 Å². The van der Waals surface area contributed by atoms with Gasteiger partial charge in [-0.15, -0.1) is 0 Å². The van der Waals surface area contributed by atoms with E-state index in [1.54, 1.807) is 6.20 Å². The summed E-state index contributed by atoms with van der Waals surface area (Å²) in [6, 6.07) is 6.92. The van der Waals surface area contributed by atoms with Crippen molar-refractivity contribution in [1.82, 2.24) is 14.8 Å². The summed E-state index contributed by atoms with van der Waals surface area (Å²) in [7, 11) is 0. The Hall–Kier alpha value is -3.36. The molecule has 1 aromatic carbocycles. The van der Waals surface area contributed by atoms with Crippen molar-refractivity contribution in [3.05, 3.63) is 70.7 Å². The quantitative estimate of drug-likeness (QED) is 0.632. The Balaban J connectivity index is 0.000000188. The molecule has 2 heterocycles. The monoisotopic (exact) mass is 446 g/mol. The van der Waals surface area contributed by atoms with E-state index in [-0.39, 0.29) is 5.56 Å². The zero-order valence-electron chi connectivity index (χ0n) is 17.9. The van der Waals surface area contributed by atoms with Crippen molar-refractivity contribution >= 4 is 5.91 Å². The van der Waals surface area contributed by atoms with Crippen LogP contribution >= 0.6 is 0 Å². The molecule has 0 atom stereocenters. The Labute approximate surface area is 184 Å². The van der Waals surface area contributed by atoms with E-state index in [0.29, 0.717) is 18.1 Å². The summed E-state index contributed by atoms with van der Waals surface area (Å²) >= 11 is 0. The highest BCUT2D eigenvalue weighted by atomic mass is 19.4. The number of nitrogens with two attached hydrogens (primary N) is 1. The number of carbonyl (C=O) groups is 1. The third kappa shape index (κ3) is 5.87. The Morgan fingerprint density at radius 3 is 2.59 bits per heavy atom. The lowest BCUT2D eigenvalue weighted by Gasteiger charge is -2.08. The van der Waals surface area contributed by atoms with Crippen LogP contribution in [0.15, 0.2) is 42.7 Å². The van der Waals surface area contributed by atoms with Crippen LogP contribution in [0.2, 0.25) is 0 Å². The van der Waals surface area contributed by atoms with Gasteiger partial charge in [0, 0.05) is 24.0 Å². The first-order chi connectivity index (χ1) is 15.2. The number of alkyl halides is 3. The van der Waals surface area contributed by atoms with E-state index in [2.05, 4.69) is 16.3 Å². The van der Waals surface area contributed by atoms with Gasteiger partial charge in [0.15, 0.2) is 0 Å². The molecule has 4 rings (SSSR count). The zero-order valence-corrected chi connectivity index (χ0v) is 17.9. The van der Waals surface area contributed by atoms with Crippen LogP contribution in [0.4, 0.5) is 13.2 Å². The molecule has 1 aliphatic carbocycles. The third-order valence-electron chi connectivity index (χ3n) is 4.95. The predicted molar refractivity (Wildman–Crippen MR) is 114 cm³/mol. The summed E-state index contributed by atoms with van der Waals surface area (Å²) in [5, 5.41) is 4.66. The predicted octanol–water partition coefficient (Wildman–Crippen LogP) is 4.66. The van der Waals surface area contributed by atoms with Crippen molar-refractivity contribution in [2.75, 3.05) is 6.61 Å². The van der Waals surface area contributed by atoms with E-state index < -0.39 is 17.6 Å². The fourth-order valence-electron chi connectivity index (χ4n) is 3.46. The smallest absolute Gasteiger partial charge is 0.416 e. The SMILES string of the molecule is CCOc1cc(-n2cc3c(n2)CCCC3)ccn1.Cc1cc(C(N)=O)cc(C(F)(F)F)c1. The average molecular weight is 446 g/mol. The van der Waals surface area contributed by atoms with E-state index in [0.717, 1.165) is 30.7 Å². The van der Waals surface area contributed by atoms with Gasteiger partial charge >= 0.3 is 6.18 Å². The number of aromatic nitrogens is 3. The minimum absolute atomic E-state index is 0.127. The highest BCUT2D eigenvalue weighted by Crippen LogP contribution is 2.30. The third-order valence-corrected chi connectivity index (χ3v) is 4.95. The molecule has 0 saturated heterocycles. The number of rotatable bonds is 4. The summed E-state index contributed by atoms with van der Waals surface area (Å²) in [6.45, 7) is 4.06. The fraction of sp³-hybridized carbons (Fsp3) is 0.348. The molecule has 6 nitrogen and oxygen atoms in total. The van der Waals surface area contributed by atoms with Crippen LogP contribution in [-0.4, -0.2) is 27.3 Å². The van der Waals surface area contributed by atoms with E-state index in [1.807, 2.05) is 23.7 Å². The number of benzene rings is 1. The van der Waals surface area contributed by atoms with Crippen molar-refractivity contribution < 1.29 is 22.7 Å². The number of hydrogen-bond acceptors (Lipinski definition) is 4. The topological polar surface area (TPSA) is 83.0 Å². The molecular formula is C23H25F3N4O2. The summed E-state index contributed by atoms with van der Waals surface area (Å²) in [5.74, 6) is -0.206. The Morgan fingerprint density at radius 1 is 1.19 bits per heavy atom. The van der Waals surface area contributed by atoms with E-state index in [4.69, 9.17) is 10.5 Å². The number of amides is 1. The summed E-state index contributed by atoms with van der Waals surface area (Å²) in [6.07, 6.45) is 4.24. The van der Waals surface area contributed by atoms with Crippen molar-refractivity contribution in [2.24, 2.45) is 5.73 Å². The molecule has 0 unspecified atom stereocenters. The first-order valence-corrected chi connectivity index (χ1v) is 10.3. The van der Waals surface area contributed by atoms with Crippen molar-refractivity contribution in [2.45, 2.75) is 45.7 Å². The lowest BCUT2D eigenvalue weighted by molar-refractivity contribution is -0.137. The molecule has 1 amide bonds. The first-order valence-electron chi connectivity index (χ1n) is 10.3. The number of hydrogen-bond donors (Lipinski definition) is 1. The maximum absolute atomic E-state index is 12.3. The standard InChI is InChI=1S/C14H17N3O.C9H8F3NO/c1-2-18-14-9-12(7-8-15-14)17-10-11-5-3-4-6-13(11)16-17;1-5-2-6(8(13)14)4-7(3-5)9(10,11)12/h7-10H,2-6H2,1H3;2-4H,1H3,(H2,13,14). The molecule has 32 heavy (non-hydrogen) atoms. The molecule has 0 radical (unpaired) electrons. The zero-order chi connectivity index (χ0) is 23.3. The molecule has 170 valence electrons. The second-order valence-electron chi connectivity index (χ2n) is 7.49. The molecule has 0 fully saturated rings. The number of aryl methyl sites for hydroxylation is 3. The number of primary amides is 1. The number of ether oxygens (including phenoxy) is 1. The van der Waals surface area contributed by atoms with Gasteiger partial charge in [-0.3, -0.25) is 4.79 Å². The summed E-state index contributed by atoms with van der Waals surface area (Å²) in [5.41, 5.74) is 7.91. The normalized spacial score (nSPS) is 13.0. The summed E-state index contributed by atoms with van der Waals surface area (Å²) in [4.78, 5) is 14.9. The molecule has 9 heteroatoms. The largest absolute Gasteiger partial charge is 0.478 e. The molecule has 2 aromatic heterocycles. The average Bonchev–Trinajstić information content (AvgIpc) is 3.18. The van der Waals surface area contributed by atoms with Crippen LogP contribution in [0.25, 0.3) is 5.69 Å². The van der Waals surface area contributed by atoms with Gasteiger partial charge in [0.05, 0.1) is 23.6 Å². The van der Waals surface area contributed by atoms with Gasteiger partial charge in [0.25, 0.3) is 0 Å². The van der Waals surface area contributed by atoms with Crippen molar-refractivity contribution in [3.63, 3.8) is 0 Å². The lowest BCUT2D eigenvalue weighted by atomic mass is 9.99. The van der Waals surface area contributed by atoms with Gasteiger partial charge < -0.3 is 10.5 Å². The fourth-order valence-corrected chi connectivity index (χ4v) is 3.46. The molecule has 2 N–H and O–H groups in total. The number of fused-ring (bicyclic) bond motifs is 1. The van der Waals surface area contributed by atoms with Gasteiger partial charge in [-0.25, -0.2) is 9.67 Å². The van der Waals surface area contributed by atoms with Crippen LogP contribution in [0, 0.1) is 6.92 Å². The lowest BCUT2D eigenvalue weighted by Crippen LogP contribution is -2.14. The number of nitrogens with zero attached hydrogens (tertiary/aromatic N) is 3. The highest BCUT2D eigenvalue weighted by Gasteiger charge is 2.31. The minimum atomic E-state index is -4.45. The molecule has 0 bridgehead atoms. The maximum Gasteiger partial charge on any atom is 0.416 e. The summed E-state index contributed by atoms with van der Waals surface area (Å²) < 4.78 is 44.1. The Bertz CT molecular complexity index is 1070. The van der Waals surface area contributed by atoms with Crippen LogP contribution < -0.4 is 10.5 Å². The van der Waals surface area contributed by atoms with Crippen LogP contribution in [0.1, 0.15) is 52.5 Å². The van der Waals surface area contributed by atoms with Gasteiger partial charge in [0.1, 0.15) is 0 Å². The molecule has 0 aliphatic heterocycles.